The van der Waals surface area contributed by atoms with Crippen LogP contribution in [-0.4, -0.2) is 40.2 Å². The number of amides is 1. The fourth-order valence-corrected chi connectivity index (χ4v) is 2.81. The summed E-state index contributed by atoms with van der Waals surface area (Å²) in [6, 6.07) is 11.1. The predicted octanol–water partition coefficient (Wildman–Crippen LogP) is 2.82. The highest BCUT2D eigenvalue weighted by molar-refractivity contribution is 7.92. The normalized spacial score (nSPS) is 11.0. The van der Waals surface area contributed by atoms with Gasteiger partial charge in [0.2, 0.25) is 10.0 Å². The summed E-state index contributed by atoms with van der Waals surface area (Å²) in [5, 5.41) is 2.76. The van der Waals surface area contributed by atoms with E-state index >= 15 is 0 Å². The van der Waals surface area contributed by atoms with E-state index in [9.17, 15) is 18.0 Å². The van der Waals surface area contributed by atoms with Crippen molar-refractivity contribution in [3.05, 3.63) is 59.2 Å². The zero-order valence-corrected chi connectivity index (χ0v) is 16.5. The molecule has 0 fully saturated rings. The Morgan fingerprint density at radius 3 is 2.22 bits per heavy atom. The van der Waals surface area contributed by atoms with Gasteiger partial charge in [0.1, 0.15) is 0 Å². The molecule has 0 radical (unpaired) electrons. The Balaban J connectivity index is 2.20. The van der Waals surface area contributed by atoms with Gasteiger partial charge in [-0.3, -0.25) is 9.10 Å². The Kier molecular flexibility index (Phi) is 6.22. The Morgan fingerprint density at radius 2 is 1.67 bits per heavy atom. The highest BCUT2D eigenvalue weighted by Gasteiger charge is 2.14. The molecule has 0 saturated heterocycles. The lowest BCUT2D eigenvalue weighted by molar-refractivity contribution is 0.0526. The van der Waals surface area contributed by atoms with E-state index in [1.807, 2.05) is 6.92 Å². The standard InChI is InChI=1S/C19H22N2O5S/c1-5-26-19(23)15-7-6-13(2)17(12-15)20-18(22)14-8-10-16(11-9-14)21(3)27(4,24)25/h6-12H,5H2,1-4H3,(H,20,22). The Bertz CT molecular complexity index is 953. The van der Waals surface area contributed by atoms with Crippen LogP contribution in [0.2, 0.25) is 0 Å². The molecule has 8 heteroatoms. The van der Waals surface area contributed by atoms with Gasteiger partial charge in [-0.1, -0.05) is 6.07 Å². The molecule has 0 atom stereocenters. The average molecular weight is 390 g/mol. The van der Waals surface area contributed by atoms with E-state index in [1.54, 1.807) is 37.3 Å². The van der Waals surface area contributed by atoms with Gasteiger partial charge >= 0.3 is 5.97 Å². The lowest BCUT2D eigenvalue weighted by Crippen LogP contribution is -2.24. The minimum atomic E-state index is -3.37. The van der Waals surface area contributed by atoms with Crippen LogP contribution in [0.5, 0.6) is 0 Å². The molecule has 27 heavy (non-hydrogen) atoms. The van der Waals surface area contributed by atoms with Gasteiger partial charge in [-0.25, -0.2) is 13.2 Å². The molecule has 0 aliphatic heterocycles. The van der Waals surface area contributed by atoms with Crippen molar-refractivity contribution in [2.75, 3.05) is 29.5 Å². The zero-order valence-electron chi connectivity index (χ0n) is 15.6. The second-order valence-corrected chi connectivity index (χ2v) is 8.00. The fourth-order valence-electron chi connectivity index (χ4n) is 2.31. The number of benzene rings is 2. The smallest absolute Gasteiger partial charge is 0.338 e. The quantitative estimate of drug-likeness (QED) is 0.766. The van der Waals surface area contributed by atoms with Crippen LogP contribution in [-0.2, 0) is 14.8 Å². The van der Waals surface area contributed by atoms with E-state index in [0.717, 1.165) is 16.1 Å². The predicted molar refractivity (Wildman–Crippen MR) is 105 cm³/mol. The van der Waals surface area contributed by atoms with Crippen molar-refractivity contribution in [1.29, 1.82) is 0 Å². The molecule has 0 spiro atoms. The number of nitrogens with one attached hydrogen (secondary N) is 1. The van der Waals surface area contributed by atoms with Crippen LogP contribution in [0.1, 0.15) is 33.2 Å². The Hall–Kier alpha value is -2.87. The first-order valence-corrected chi connectivity index (χ1v) is 10.1. The maximum atomic E-state index is 12.5. The van der Waals surface area contributed by atoms with Crippen molar-refractivity contribution in [3.63, 3.8) is 0 Å². The van der Waals surface area contributed by atoms with Crippen LogP contribution in [0.15, 0.2) is 42.5 Å². The number of hydrogen-bond donors (Lipinski definition) is 1. The number of carbonyl (C=O) groups is 2. The molecular formula is C19H22N2O5S. The minimum Gasteiger partial charge on any atom is -0.462 e. The summed E-state index contributed by atoms with van der Waals surface area (Å²) in [6.45, 7) is 3.80. The summed E-state index contributed by atoms with van der Waals surface area (Å²) in [6.07, 6.45) is 1.10. The fraction of sp³-hybridized carbons (Fsp3) is 0.263. The summed E-state index contributed by atoms with van der Waals surface area (Å²) in [5.41, 5.74) is 2.46. The van der Waals surface area contributed by atoms with Crippen molar-refractivity contribution < 1.29 is 22.7 Å². The van der Waals surface area contributed by atoms with Crippen molar-refractivity contribution >= 4 is 33.3 Å². The van der Waals surface area contributed by atoms with Gasteiger partial charge in [0.05, 0.1) is 24.1 Å². The molecule has 0 bridgehead atoms. The topological polar surface area (TPSA) is 92.8 Å². The monoisotopic (exact) mass is 390 g/mol. The third-order valence-electron chi connectivity index (χ3n) is 3.99. The number of rotatable bonds is 6. The van der Waals surface area contributed by atoms with Gasteiger partial charge < -0.3 is 10.1 Å². The van der Waals surface area contributed by atoms with Crippen molar-refractivity contribution in [3.8, 4) is 0 Å². The minimum absolute atomic E-state index is 0.267. The van der Waals surface area contributed by atoms with E-state index in [0.29, 0.717) is 22.5 Å². The molecule has 2 rings (SSSR count). The molecule has 2 aromatic carbocycles. The number of carbonyl (C=O) groups excluding carboxylic acids is 2. The average Bonchev–Trinajstić information content (AvgIpc) is 2.62. The summed E-state index contributed by atoms with van der Waals surface area (Å²) in [5.74, 6) is -0.825. The number of esters is 1. The molecule has 0 saturated carbocycles. The molecule has 0 aliphatic carbocycles. The van der Waals surface area contributed by atoms with Crippen LogP contribution >= 0.6 is 0 Å². The van der Waals surface area contributed by atoms with Crippen LogP contribution < -0.4 is 9.62 Å². The molecule has 2 aromatic rings. The lowest BCUT2D eigenvalue weighted by atomic mass is 10.1. The number of ether oxygens (including phenoxy) is 1. The molecule has 1 N–H and O–H groups in total. The third kappa shape index (κ3) is 5.07. The van der Waals surface area contributed by atoms with E-state index < -0.39 is 16.0 Å². The number of hydrogen-bond acceptors (Lipinski definition) is 5. The van der Waals surface area contributed by atoms with Gasteiger partial charge in [-0.05, 0) is 55.8 Å². The first-order chi connectivity index (χ1) is 12.6. The first kappa shape index (κ1) is 20.4. The molecule has 0 aliphatic rings. The highest BCUT2D eigenvalue weighted by atomic mass is 32.2. The summed E-state index contributed by atoms with van der Waals surface area (Å²) < 4.78 is 29.2. The van der Waals surface area contributed by atoms with Gasteiger partial charge in [-0.15, -0.1) is 0 Å². The number of nitrogens with zero attached hydrogens (tertiary/aromatic N) is 1. The van der Waals surface area contributed by atoms with Crippen LogP contribution in [0.25, 0.3) is 0 Å². The van der Waals surface area contributed by atoms with Crippen LogP contribution in [0, 0.1) is 6.92 Å². The number of aryl methyl sites for hydroxylation is 1. The van der Waals surface area contributed by atoms with Gasteiger partial charge in [-0.2, -0.15) is 0 Å². The van der Waals surface area contributed by atoms with Crippen molar-refractivity contribution in [2.24, 2.45) is 0 Å². The van der Waals surface area contributed by atoms with Gasteiger partial charge in [0.25, 0.3) is 5.91 Å². The molecular weight excluding hydrogens is 368 g/mol. The second kappa shape index (κ2) is 8.22. The third-order valence-corrected chi connectivity index (χ3v) is 5.19. The van der Waals surface area contributed by atoms with E-state index in [2.05, 4.69) is 5.32 Å². The van der Waals surface area contributed by atoms with Crippen LogP contribution in [0.4, 0.5) is 11.4 Å². The van der Waals surface area contributed by atoms with Gasteiger partial charge in [0.15, 0.2) is 0 Å². The van der Waals surface area contributed by atoms with Crippen molar-refractivity contribution in [1.82, 2.24) is 0 Å². The summed E-state index contributed by atoms with van der Waals surface area (Å²) in [4.78, 5) is 24.3. The number of anilines is 2. The summed E-state index contributed by atoms with van der Waals surface area (Å²) in [7, 11) is -1.93. The van der Waals surface area contributed by atoms with E-state index in [4.69, 9.17) is 4.74 Å². The molecule has 144 valence electrons. The highest BCUT2D eigenvalue weighted by Crippen LogP contribution is 2.20. The SMILES string of the molecule is CCOC(=O)c1ccc(C)c(NC(=O)c2ccc(N(C)S(C)(=O)=O)cc2)c1. The Labute approximate surface area is 159 Å². The van der Waals surface area contributed by atoms with Crippen LogP contribution in [0.3, 0.4) is 0 Å². The maximum Gasteiger partial charge on any atom is 0.338 e. The largest absolute Gasteiger partial charge is 0.462 e. The van der Waals surface area contributed by atoms with Crippen molar-refractivity contribution in [2.45, 2.75) is 13.8 Å². The van der Waals surface area contributed by atoms with Gasteiger partial charge in [0, 0.05) is 18.3 Å². The zero-order chi connectivity index (χ0) is 20.2. The molecule has 0 aromatic heterocycles. The van der Waals surface area contributed by atoms with E-state index in [-0.39, 0.29) is 12.5 Å². The second-order valence-electron chi connectivity index (χ2n) is 5.98. The Morgan fingerprint density at radius 1 is 1.07 bits per heavy atom. The lowest BCUT2D eigenvalue weighted by Gasteiger charge is -2.16. The molecule has 0 heterocycles. The molecule has 1 amide bonds. The first-order valence-electron chi connectivity index (χ1n) is 8.26. The number of sulfonamides is 1. The molecule has 0 unspecified atom stereocenters. The van der Waals surface area contributed by atoms with E-state index in [1.165, 1.54) is 19.2 Å². The molecule has 7 nitrogen and oxygen atoms in total. The summed E-state index contributed by atoms with van der Waals surface area (Å²) >= 11 is 0. The maximum absolute atomic E-state index is 12.5.